The Hall–Kier alpha value is -0.400. The molecule has 1 aromatic heterocycles. The third-order valence-electron chi connectivity index (χ3n) is 2.56. The molecule has 1 unspecified atom stereocenters. The minimum Gasteiger partial charge on any atom is -0.480 e. The molecule has 1 saturated heterocycles. The van der Waals surface area contributed by atoms with E-state index in [1.165, 1.54) is 0 Å². The number of hydrogen-bond acceptors (Lipinski definition) is 5. The molecule has 1 aromatic rings. The summed E-state index contributed by atoms with van der Waals surface area (Å²) in [5.41, 5.74) is 0. The standard InChI is InChI=1S/C10H13Br2N3O2/c1-16-9-8(12)5-13-10(14-9)15-2-3-17-6-7(15)4-11/h5,7H,2-4,6H2,1H3. The monoisotopic (exact) mass is 365 g/mol. The fraction of sp³-hybridized carbons (Fsp3) is 0.600. The first-order chi connectivity index (χ1) is 8.26. The van der Waals surface area contributed by atoms with Crippen molar-refractivity contribution in [3.05, 3.63) is 10.7 Å². The van der Waals surface area contributed by atoms with E-state index in [0.717, 1.165) is 16.3 Å². The Balaban J connectivity index is 2.25. The van der Waals surface area contributed by atoms with Crippen LogP contribution in [0.5, 0.6) is 5.88 Å². The summed E-state index contributed by atoms with van der Waals surface area (Å²) in [7, 11) is 1.60. The molecule has 1 aliphatic rings. The average molecular weight is 367 g/mol. The van der Waals surface area contributed by atoms with Gasteiger partial charge in [0, 0.05) is 11.9 Å². The van der Waals surface area contributed by atoms with Crippen LogP contribution in [0, 0.1) is 0 Å². The first kappa shape index (κ1) is 13.0. The van der Waals surface area contributed by atoms with E-state index >= 15 is 0 Å². The zero-order chi connectivity index (χ0) is 12.3. The van der Waals surface area contributed by atoms with Crippen LogP contribution in [-0.4, -0.2) is 48.2 Å². The summed E-state index contributed by atoms with van der Waals surface area (Å²) in [6.07, 6.45) is 1.71. The van der Waals surface area contributed by atoms with Crippen molar-refractivity contribution in [1.82, 2.24) is 9.97 Å². The normalized spacial score (nSPS) is 20.4. The molecule has 0 bridgehead atoms. The molecule has 2 rings (SSSR count). The first-order valence-corrected chi connectivity index (χ1v) is 7.14. The van der Waals surface area contributed by atoms with Gasteiger partial charge in [-0.15, -0.1) is 0 Å². The van der Waals surface area contributed by atoms with Crippen molar-refractivity contribution in [2.45, 2.75) is 6.04 Å². The lowest BCUT2D eigenvalue weighted by Crippen LogP contribution is -2.47. The summed E-state index contributed by atoms with van der Waals surface area (Å²) >= 11 is 6.83. The molecule has 2 heterocycles. The molecule has 1 aliphatic heterocycles. The molecule has 0 aromatic carbocycles. The van der Waals surface area contributed by atoms with Gasteiger partial charge in [0.1, 0.15) is 0 Å². The summed E-state index contributed by atoms with van der Waals surface area (Å²) in [6.45, 7) is 2.18. The molecule has 0 N–H and O–H groups in total. The van der Waals surface area contributed by atoms with Crippen molar-refractivity contribution in [2.24, 2.45) is 0 Å². The highest BCUT2D eigenvalue weighted by Gasteiger charge is 2.24. The molecule has 1 fully saturated rings. The highest BCUT2D eigenvalue weighted by molar-refractivity contribution is 9.10. The molecule has 0 radical (unpaired) electrons. The highest BCUT2D eigenvalue weighted by Crippen LogP contribution is 2.25. The van der Waals surface area contributed by atoms with Crippen molar-refractivity contribution in [2.75, 3.05) is 37.1 Å². The van der Waals surface area contributed by atoms with Crippen LogP contribution in [0.1, 0.15) is 0 Å². The second-order valence-corrected chi connectivity index (χ2v) is 5.11. The molecule has 5 nitrogen and oxygen atoms in total. The second-order valence-electron chi connectivity index (χ2n) is 3.60. The van der Waals surface area contributed by atoms with Gasteiger partial charge < -0.3 is 14.4 Å². The Labute approximate surface area is 117 Å². The van der Waals surface area contributed by atoms with Gasteiger partial charge >= 0.3 is 0 Å². The van der Waals surface area contributed by atoms with Crippen LogP contribution in [0.4, 0.5) is 5.95 Å². The number of rotatable bonds is 3. The summed E-state index contributed by atoms with van der Waals surface area (Å²) in [5.74, 6) is 1.23. The van der Waals surface area contributed by atoms with E-state index < -0.39 is 0 Å². The van der Waals surface area contributed by atoms with Crippen molar-refractivity contribution >= 4 is 37.8 Å². The van der Waals surface area contributed by atoms with Gasteiger partial charge in [-0.1, -0.05) is 15.9 Å². The number of aromatic nitrogens is 2. The zero-order valence-electron chi connectivity index (χ0n) is 9.40. The zero-order valence-corrected chi connectivity index (χ0v) is 12.6. The number of methoxy groups -OCH3 is 1. The van der Waals surface area contributed by atoms with Crippen LogP contribution in [0.15, 0.2) is 10.7 Å². The van der Waals surface area contributed by atoms with Gasteiger partial charge in [0.25, 0.3) is 0 Å². The quantitative estimate of drug-likeness (QED) is 0.764. The predicted molar refractivity (Wildman–Crippen MR) is 72.0 cm³/mol. The Kier molecular flexibility index (Phi) is 4.58. The van der Waals surface area contributed by atoms with E-state index in [1.807, 2.05) is 0 Å². The first-order valence-electron chi connectivity index (χ1n) is 5.23. The molecule has 0 spiro atoms. The second kappa shape index (κ2) is 5.97. The molecule has 0 amide bonds. The average Bonchev–Trinajstić information content (AvgIpc) is 2.39. The maximum Gasteiger partial charge on any atom is 0.232 e. The summed E-state index contributed by atoms with van der Waals surface area (Å²) in [5, 5.41) is 0.828. The molecule has 7 heteroatoms. The van der Waals surface area contributed by atoms with Gasteiger partial charge in [0.15, 0.2) is 0 Å². The number of hydrogen-bond donors (Lipinski definition) is 0. The smallest absolute Gasteiger partial charge is 0.232 e. The molecule has 0 aliphatic carbocycles. The van der Waals surface area contributed by atoms with Crippen LogP contribution < -0.4 is 9.64 Å². The fourth-order valence-electron chi connectivity index (χ4n) is 1.67. The third kappa shape index (κ3) is 2.89. The van der Waals surface area contributed by atoms with Crippen molar-refractivity contribution in [3.63, 3.8) is 0 Å². The van der Waals surface area contributed by atoms with Crippen molar-refractivity contribution in [3.8, 4) is 5.88 Å². The number of anilines is 1. The number of alkyl halides is 1. The number of morpholine rings is 1. The molecule has 94 valence electrons. The Morgan fingerprint density at radius 1 is 1.65 bits per heavy atom. The Bertz CT molecular complexity index is 392. The van der Waals surface area contributed by atoms with Crippen LogP contribution in [0.3, 0.4) is 0 Å². The summed E-state index contributed by atoms with van der Waals surface area (Å²) in [6, 6.07) is 0.259. The minimum absolute atomic E-state index is 0.259. The van der Waals surface area contributed by atoms with Crippen molar-refractivity contribution in [1.29, 1.82) is 0 Å². The number of halogens is 2. The third-order valence-corrected chi connectivity index (χ3v) is 3.85. The molecular weight excluding hydrogens is 354 g/mol. The van der Waals surface area contributed by atoms with Gasteiger partial charge in [0.2, 0.25) is 11.8 Å². The maximum atomic E-state index is 5.44. The molecular formula is C10H13Br2N3O2. The fourth-order valence-corrected chi connectivity index (χ4v) is 2.56. The summed E-state index contributed by atoms with van der Waals surface area (Å²) < 4.78 is 11.4. The molecule has 0 saturated carbocycles. The SMILES string of the molecule is COc1nc(N2CCOCC2CBr)ncc1Br. The van der Waals surface area contributed by atoms with Crippen molar-refractivity contribution < 1.29 is 9.47 Å². The topological polar surface area (TPSA) is 47.5 Å². The maximum absolute atomic E-state index is 5.44. The largest absolute Gasteiger partial charge is 0.480 e. The van der Waals surface area contributed by atoms with Gasteiger partial charge in [-0.3, -0.25) is 0 Å². The molecule has 1 atom stereocenters. The highest BCUT2D eigenvalue weighted by atomic mass is 79.9. The summed E-state index contributed by atoms with van der Waals surface area (Å²) in [4.78, 5) is 10.8. The van der Waals surface area contributed by atoms with Crippen LogP contribution in [0.25, 0.3) is 0 Å². The molecule has 17 heavy (non-hydrogen) atoms. The van der Waals surface area contributed by atoms with Gasteiger partial charge in [0.05, 0.1) is 37.0 Å². The number of ether oxygens (including phenoxy) is 2. The van der Waals surface area contributed by atoms with E-state index in [2.05, 4.69) is 46.7 Å². The van der Waals surface area contributed by atoms with Gasteiger partial charge in [-0.05, 0) is 15.9 Å². The van der Waals surface area contributed by atoms with Gasteiger partial charge in [-0.2, -0.15) is 4.98 Å². The van der Waals surface area contributed by atoms with E-state index in [4.69, 9.17) is 9.47 Å². The predicted octanol–water partition coefficient (Wildman–Crippen LogP) is 1.85. The Morgan fingerprint density at radius 3 is 3.18 bits per heavy atom. The Morgan fingerprint density at radius 2 is 2.47 bits per heavy atom. The number of nitrogens with zero attached hydrogens (tertiary/aromatic N) is 3. The van der Waals surface area contributed by atoms with Crippen LogP contribution in [0.2, 0.25) is 0 Å². The van der Waals surface area contributed by atoms with Crippen LogP contribution >= 0.6 is 31.9 Å². The minimum atomic E-state index is 0.259. The van der Waals surface area contributed by atoms with E-state index in [9.17, 15) is 0 Å². The van der Waals surface area contributed by atoms with Crippen LogP contribution in [-0.2, 0) is 4.74 Å². The van der Waals surface area contributed by atoms with E-state index in [-0.39, 0.29) is 6.04 Å². The van der Waals surface area contributed by atoms with E-state index in [0.29, 0.717) is 25.0 Å². The van der Waals surface area contributed by atoms with Gasteiger partial charge in [-0.25, -0.2) is 4.98 Å². The van der Waals surface area contributed by atoms with E-state index in [1.54, 1.807) is 13.3 Å². The lowest BCUT2D eigenvalue weighted by Gasteiger charge is -2.34. The lowest BCUT2D eigenvalue weighted by molar-refractivity contribution is 0.0995. The lowest BCUT2D eigenvalue weighted by atomic mass is 10.3.